The smallest absolute Gasteiger partial charge is 0.181 e. The first-order valence-corrected chi connectivity index (χ1v) is 6.73. The molecule has 2 heterocycles. The van der Waals surface area contributed by atoms with Crippen molar-refractivity contribution >= 4 is 11.8 Å². The van der Waals surface area contributed by atoms with Gasteiger partial charge >= 0.3 is 0 Å². The van der Waals surface area contributed by atoms with Crippen LogP contribution in [0, 0.1) is 0 Å². The van der Waals surface area contributed by atoms with E-state index in [1.165, 1.54) is 18.7 Å². The molecule has 14 heavy (non-hydrogen) atoms. The summed E-state index contributed by atoms with van der Waals surface area (Å²) >= 11 is 1.90. The van der Waals surface area contributed by atoms with E-state index in [2.05, 4.69) is 11.2 Å². The minimum Gasteiger partial charge on any atom is -0.346 e. The van der Waals surface area contributed by atoms with Crippen molar-refractivity contribution in [2.45, 2.75) is 18.6 Å². The highest BCUT2D eigenvalue weighted by molar-refractivity contribution is 7.98. The molecule has 0 amide bonds. The molecule has 2 rings (SSSR count). The van der Waals surface area contributed by atoms with Crippen LogP contribution in [0.4, 0.5) is 0 Å². The monoisotopic (exact) mass is 217 g/mol. The topological polar surface area (TPSA) is 21.7 Å². The average molecular weight is 217 g/mol. The third kappa shape index (κ3) is 2.42. The first-order valence-electron chi connectivity index (χ1n) is 5.34. The molecule has 0 aromatic carbocycles. The molecular formula is C10H19NO2S. The lowest BCUT2D eigenvalue weighted by Crippen LogP contribution is -2.49. The maximum atomic E-state index is 5.72. The molecule has 0 atom stereocenters. The predicted molar refractivity (Wildman–Crippen MR) is 58.7 cm³/mol. The van der Waals surface area contributed by atoms with Crippen molar-refractivity contribution in [1.29, 1.82) is 0 Å². The van der Waals surface area contributed by atoms with Gasteiger partial charge in [-0.15, -0.1) is 0 Å². The summed E-state index contributed by atoms with van der Waals surface area (Å²) in [6.07, 6.45) is 4.43. The van der Waals surface area contributed by atoms with E-state index >= 15 is 0 Å². The Labute approximate surface area is 90.1 Å². The number of rotatable bonds is 3. The second kappa shape index (κ2) is 4.84. The Morgan fingerprint density at radius 1 is 1.36 bits per heavy atom. The zero-order valence-corrected chi connectivity index (χ0v) is 9.65. The first kappa shape index (κ1) is 10.7. The molecule has 4 heteroatoms. The Morgan fingerprint density at radius 2 is 2.14 bits per heavy atom. The summed E-state index contributed by atoms with van der Waals surface area (Å²) in [5, 5.41) is 0. The van der Waals surface area contributed by atoms with Crippen LogP contribution >= 0.6 is 11.8 Å². The van der Waals surface area contributed by atoms with Crippen LogP contribution in [0.5, 0.6) is 0 Å². The highest BCUT2D eigenvalue weighted by Crippen LogP contribution is 2.29. The van der Waals surface area contributed by atoms with Crippen LogP contribution in [-0.2, 0) is 9.47 Å². The largest absolute Gasteiger partial charge is 0.346 e. The van der Waals surface area contributed by atoms with Crippen LogP contribution < -0.4 is 0 Å². The lowest BCUT2D eigenvalue weighted by molar-refractivity contribution is -0.188. The summed E-state index contributed by atoms with van der Waals surface area (Å²) in [5.74, 6) is 0.965. The summed E-state index contributed by atoms with van der Waals surface area (Å²) in [6, 6.07) is 0. The van der Waals surface area contributed by atoms with Gasteiger partial charge in [-0.25, -0.2) is 0 Å². The summed E-state index contributed by atoms with van der Waals surface area (Å²) in [4.78, 5) is 2.46. The van der Waals surface area contributed by atoms with Gasteiger partial charge in [-0.3, -0.25) is 4.90 Å². The van der Waals surface area contributed by atoms with Crippen molar-refractivity contribution in [3.05, 3.63) is 0 Å². The maximum absolute atomic E-state index is 5.72. The molecule has 1 spiro atoms. The van der Waals surface area contributed by atoms with Gasteiger partial charge < -0.3 is 9.47 Å². The Hall–Kier alpha value is 0.230. The average Bonchev–Trinajstić information content (AvgIpc) is 2.63. The highest BCUT2D eigenvalue weighted by Gasteiger charge is 2.40. The van der Waals surface area contributed by atoms with E-state index in [0.717, 1.165) is 32.7 Å². The molecule has 2 saturated heterocycles. The summed E-state index contributed by atoms with van der Waals surface area (Å²) in [6.45, 7) is 4.88. The Kier molecular flexibility index (Phi) is 3.71. The number of hydrogen-bond donors (Lipinski definition) is 0. The van der Waals surface area contributed by atoms with E-state index in [1.807, 2.05) is 11.8 Å². The van der Waals surface area contributed by atoms with Crippen LogP contribution in [0.3, 0.4) is 0 Å². The van der Waals surface area contributed by atoms with Crippen molar-refractivity contribution in [2.24, 2.45) is 0 Å². The van der Waals surface area contributed by atoms with Gasteiger partial charge in [-0.05, 0) is 19.2 Å². The number of ether oxygens (including phenoxy) is 2. The zero-order valence-electron chi connectivity index (χ0n) is 8.83. The van der Waals surface area contributed by atoms with Gasteiger partial charge in [0.1, 0.15) is 0 Å². The van der Waals surface area contributed by atoms with Gasteiger partial charge in [0.2, 0.25) is 0 Å². The van der Waals surface area contributed by atoms with Crippen LogP contribution in [0.1, 0.15) is 12.8 Å². The first-order chi connectivity index (χ1) is 6.85. The fraction of sp³-hybridized carbons (Fsp3) is 1.00. The van der Waals surface area contributed by atoms with Crippen LogP contribution in [0.15, 0.2) is 0 Å². The molecule has 0 aromatic rings. The third-order valence-electron chi connectivity index (χ3n) is 2.92. The maximum Gasteiger partial charge on any atom is 0.181 e. The summed E-state index contributed by atoms with van der Waals surface area (Å²) in [7, 11) is 0. The molecule has 0 radical (unpaired) electrons. The predicted octanol–water partition coefficient (Wildman–Crippen LogP) is 1.19. The van der Waals surface area contributed by atoms with Crippen molar-refractivity contribution in [3.8, 4) is 0 Å². The zero-order chi connectivity index (χ0) is 9.86. The second-order valence-electron chi connectivity index (χ2n) is 3.98. The number of likely N-dealkylation sites (tertiary alicyclic amines) is 1. The number of thioether (sulfide) groups is 1. The van der Waals surface area contributed by atoms with E-state index < -0.39 is 0 Å². The Bertz CT molecular complexity index is 183. The molecule has 82 valence electrons. The minimum absolute atomic E-state index is 0.239. The lowest BCUT2D eigenvalue weighted by Gasteiger charge is -2.38. The van der Waals surface area contributed by atoms with Gasteiger partial charge in [0, 0.05) is 18.7 Å². The van der Waals surface area contributed by atoms with Crippen molar-refractivity contribution < 1.29 is 9.47 Å². The number of hydrogen-bond acceptors (Lipinski definition) is 4. The van der Waals surface area contributed by atoms with Crippen molar-refractivity contribution in [3.63, 3.8) is 0 Å². The fourth-order valence-electron chi connectivity index (χ4n) is 2.21. The molecule has 0 bridgehead atoms. The van der Waals surface area contributed by atoms with Gasteiger partial charge in [-0.1, -0.05) is 0 Å². The van der Waals surface area contributed by atoms with Gasteiger partial charge in [-0.2, -0.15) is 11.8 Å². The van der Waals surface area contributed by atoms with Crippen LogP contribution in [-0.4, -0.2) is 55.5 Å². The molecule has 0 aliphatic carbocycles. The number of nitrogens with zero attached hydrogens (tertiary/aromatic N) is 1. The number of piperidine rings is 1. The van der Waals surface area contributed by atoms with Gasteiger partial charge in [0.25, 0.3) is 0 Å². The molecule has 0 aromatic heterocycles. The van der Waals surface area contributed by atoms with Gasteiger partial charge in [0.05, 0.1) is 19.8 Å². The molecule has 0 N–H and O–H groups in total. The molecule has 3 nitrogen and oxygen atoms in total. The van der Waals surface area contributed by atoms with Crippen molar-refractivity contribution in [2.75, 3.05) is 44.9 Å². The Morgan fingerprint density at radius 3 is 2.86 bits per heavy atom. The molecule has 2 aliphatic heterocycles. The van der Waals surface area contributed by atoms with Crippen molar-refractivity contribution in [1.82, 2.24) is 4.90 Å². The lowest BCUT2D eigenvalue weighted by atomic mass is 10.0. The molecule has 2 aliphatic rings. The van der Waals surface area contributed by atoms with E-state index in [0.29, 0.717) is 0 Å². The molecule has 2 fully saturated rings. The second-order valence-corrected chi connectivity index (χ2v) is 4.97. The molecular weight excluding hydrogens is 198 g/mol. The summed E-state index contributed by atoms with van der Waals surface area (Å²) in [5.41, 5.74) is 0. The van der Waals surface area contributed by atoms with Crippen LogP contribution in [0.25, 0.3) is 0 Å². The fourth-order valence-corrected chi connectivity index (χ4v) is 2.66. The van der Waals surface area contributed by atoms with E-state index in [-0.39, 0.29) is 5.79 Å². The quantitative estimate of drug-likeness (QED) is 0.708. The SMILES string of the molecule is CSCCN1CCCC2(C1)OCCO2. The minimum atomic E-state index is -0.239. The molecule has 0 unspecified atom stereocenters. The standard InChI is InChI=1S/C10H19NO2S/c1-14-8-5-11-4-2-3-10(9-11)12-6-7-13-10/h2-9H2,1H3. The van der Waals surface area contributed by atoms with E-state index in [4.69, 9.17) is 9.47 Å². The highest BCUT2D eigenvalue weighted by atomic mass is 32.2. The summed E-state index contributed by atoms with van der Waals surface area (Å²) < 4.78 is 11.4. The van der Waals surface area contributed by atoms with Crippen LogP contribution in [0.2, 0.25) is 0 Å². The van der Waals surface area contributed by atoms with E-state index in [1.54, 1.807) is 0 Å². The third-order valence-corrected chi connectivity index (χ3v) is 3.51. The Balaban J connectivity index is 1.83. The van der Waals surface area contributed by atoms with Gasteiger partial charge in [0.15, 0.2) is 5.79 Å². The molecule has 0 saturated carbocycles. The van der Waals surface area contributed by atoms with E-state index in [9.17, 15) is 0 Å². The normalized spacial score (nSPS) is 27.2.